The smallest absolute Gasteiger partial charge is 0.338 e. The van der Waals surface area contributed by atoms with Crippen LogP contribution in [0.3, 0.4) is 0 Å². The molecule has 1 aliphatic carbocycles. The summed E-state index contributed by atoms with van der Waals surface area (Å²) in [4.78, 5) is 12.7. The van der Waals surface area contributed by atoms with Gasteiger partial charge in [0.15, 0.2) is 6.29 Å². The molecule has 2 saturated heterocycles. The topological polar surface area (TPSA) is 188 Å². The molecule has 0 aromatic heterocycles. The van der Waals surface area contributed by atoms with Gasteiger partial charge in [0.2, 0.25) is 6.29 Å². The Labute approximate surface area is 207 Å². The van der Waals surface area contributed by atoms with Crippen LogP contribution in [0.1, 0.15) is 24.2 Å². The molecule has 4 aliphatic rings. The molecule has 1 aromatic rings. The van der Waals surface area contributed by atoms with Crippen LogP contribution in [0.5, 0.6) is 5.75 Å². The normalized spacial score (nSPS) is 42.3. The first-order chi connectivity index (χ1) is 17.3. The van der Waals surface area contributed by atoms with Gasteiger partial charge in [0, 0.05) is 5.92 Å². The van der Waals surface area contributed by atoms with Crippen LogP contribution in [-0.4, -0.2) is 105 Å². The Kier molecular flexibility index (Phi) is 7.88. The number of carbonyl (C=O) groups excluding carboxylic acids is 1. The Morgan fingerprint density at radius 1 is 1.03 bits per heavy atom. The molecule has 3 aliphatic heterocycles. The van der Waals surface area contributed by atoms with Gasteiger partial charge < -0.3 is 54.3 Å². The first-order valence-corrected chi connectivity index (χ1v) is 11.9. The van der Waals surface area contributed by atoms with E-state index in [-0.39, 0.29) is 11.3 Å². The zero-order chi connectivity index (χ0) is 26.2. The Bertz CT molecular complexity index is 936. The SMILES string of the molecule is CC.O=C(O[C@H]1[C@@H]2C=CO[C@@H](O[C@@H]3O[C@H](CO)[C@@H](O)[C@H](O)[C@H]3O)[C@@H]2[C@@]2(CO)O[C@@H]12)c1ccc(O)cc1. The molecule has 0 amide bonds. The van der Waals surface area contributed by atoms with E-state index in [4.69, 9.17) is 23.7 Å². The van der Waals surface area contributed by atoms with E-state index in [1.165, 1.54) is 30.5 Å². The van der Waals surface area contributed by atoms with Crippen LogP contribution in [0.2, 0.25) is 0 Å². The predicted molar refractivity (Wildman–Crippen MR) is 119 cm³/mol. The fourth-order valence-corrected chi connectivity index (χ4v) is 5.08. The number of benzene rings is 1. The van der Waals surface area contributed by atoms with E-state index in [1.54, 1.807) is 6.08 Å². The van der Waals surface area contributed by atoms with Gasteiger partial charge >= 0.3 is 5.97 Å². The molecule has 5 rings (SSSR count). The summed E-state index contributed by atoms with van der Waals surface area (Å²) in [7, 11) is 0. The summed E-state index contributed by atoms with van der Waals surface area (Å²) in [6.07, 6.45) is -6.99. The number of esters is 1. The van der Waals surface area contributed by atoms with Crippen molar-refractivity contribution in [2.24, 2.45) is 11.8 Å². The number of hydrogen-bond donors (Lipinski definition) is 6. The second-order valence-corrected chi connectivity index (χ2v) is 8.84. The molecule has 3 heterocycles. The van der Waals surface area contributed by atoms with Gasteiger partial charge in [-0.2, -0.15) is 0 Å². The first kappa shape index (κ1) is 26.8. The molecule has 0 bridgehead atoms. The van der Waals surface area contributed by atoms with E-state index in [9.17, 15) is 35.4 Å². The molecule has 3 fully saturated rings. The number of epoxide rings is 1. The Morgan fingerprint density at radius 2 is 1.72 bits per heavy atom. The highest BCUT2D eigenvalue weighted by atomic mass is 16.8. The van der Waals surface area contributed by atoms with Crippen LogP contribution in [-0.2, 0) is 23.7 Å². The van der Waals surface area contributed by atoms with E-state index >= 15 is 0 Å². The minimum Gasteiger partial charge on any atom is -0.508 e. The number of carbonyl (C=O) groups is 1. The van der Waals surface area contributed by atoms with E-state index in [0.29, 0.717) is 0 Å². The summed E-state index contributed by atoms with van der Waals surface area (Å²) in [5.74, 6) is -1.78. The van der Waals surface area contributed by atoms with Crippen LogP contribution in [0, 0.1) is 11.8 Å². The van der Waals surface area contributed by atoms with Gasteiger partial charge in [0.05, 0.1) is 31.0 Å². The molecule has 6 N–H and O–H groups in total. The maximum absolute atomic E-state index is 12.7. The molecule has 36 heavy (non-hydrogen) atoms. The monoisotopic (exact) mass is 512 g/mol. The number of rotatable bonds is 6. The summed E-state index contributed by atoms with van der Waals surface area (Å²) < 4.78 is 28.3. The third kappa shape index (κ3) is 4.48. The molecule has 11 atom stereocenters. The van der Waals surface area contributed by atoms with E-state index in [2.05, 4.69) is 0 Å². The average molecular weight is 513 g/mol. The number of fused-ring (bicyclic) bond motifs is 3. The van der Waals surface area contributed by atoms with Gasteiger partial charge in [-0.1, -0.05) is 13.8 Å². The zero-order valence-corrected chi connectivity index (χ0v) is 19.8. The lowest BCUT2D eigenvalue weighted by molar-refractivity contribution is -0.344. The minimum absolute atomic E-state index is 0.00264. The Morgan fingerprint density at radius 3 is 2.36 bits per heavy atom. The van der Waals surface area contributed by atoms with Crippen LogP contribution < -0.4 is 0 Å². The van der Waals surface area contributed by atoms with Crippen molar-refractivity contribution in [2.75, 3.05) is 13.2 Å². The number of aliphatic hydroxyl groups is 5. The van der Waals surface area contributed by atoms with Crippen LogP contribution >= 0.6 is 0 Å². The minimum atomic E-state index is -1.64. The lowest BCUT2D eigenvalue weighted by atomic mass is 9.85. The molecule has 200 valence electrons. The maximum atomic E-state index is 12.7. The van der Waals surface area contributed by atoms with Crippen molar-refractivity contribution in [3.05, 3.63) is 42.2 Å². The number of aromatic hydroxyl groups is 1. The Hall–Kier alpha value is -2.29. The number of phenolic OH excluding ortho intramolecular Hbond substituents is 1. The Balaban J connectivity index is 0.00000148. The highest BCUT2D eigenvalue weighted by molar-refractivity contribution is 5.89. The third-order valence-electron chi connectivity index (χ3n) is 6.94. The standard InChI is InChI=1S/C22H26O12.C2H6/c23-7-12-14(26)15(27)16(28)21(31-12)33-20-13-11(5-6-30-20)17(18-22(13,8-24)34-18)32-19(29)9-1-3-10(25)4-2-9;1-2/h1-6,11-18,20-21,23-28H,7-8H2;1-2H3/t11-,12-,13-,14-,15+,16-,17+,18+,20+,21+,22-;/m1./s1. The van der Waals surface area contributed by atoms with Crippen LogP contribution in [0.15, 0.2) is 36.6 Å². The van der Waals surface area contributed by atoms with Gasteiger partial charge in [-0.3, -0.25) is 0 Å². The van der Waals surface area contributed by atoms with Gasteiger partial charge in [-0.15, -0.1) is 0 Å². The molecule has 12 nitrogen and oxygen atoms in total. The number of hydrogen-bond acceptors (Lipinski definition) is 12. The van der Waals surface area contributed by atoms with E-state index in [1.807, 2.05) is 13.8 Å². The fraction of sp³-hybridized carbons (Fsp3) is 0.625. The molecular weight excluding hydrogens is 480 g/mol. The van der Waals surface area contributed by atoms with Crippen molar-refractivity contribution >= 4 is 5.97 Å². The summed E-state index contributed by atoms with van der Waals surface area (Å²) >= 11 is 0. The van der Waals surface area contributed by atoms with Crippen molar-refractivity contribution in [1.29, 1.82) is 0 Å². The lowest BCUT2D eigenvalue weighted by Crippen LogP contribution is -2.60. The summed E-state index contributed by atoms with van der Waals surface area (Å²) in [6.45, 7) is 2.96. The highest BCUT2D eigenvalue weighted by Crippen LogP contribution is 2.60. The molecule has 1 saturated carbocycles. The van der Waals surface area contributed by atoms with Gasteiger partial charge in [-0.05, 0) is 30.3 Å². The summed E-state index contributed by atoms with van der Waals surface area (Å²) in [6, 6.07) is 5.56. The zero-order valence-electron chi connectivity index (χ0n) is 19.8. The van der Waals surface area contributed by atoms with Crippen molar-refractivity contribution in [1.82, 2.24) is 0 Å². The molecule has 1 aromatic carbocycles. The van der Waals surface area contributed by atoms with Gasteiger partial charge in [0.25, 0.3) is 0 Å². The summed E-state index contributed by atoms with van der Waals surface area (Å²) in [5, 5.41) is 59.3. The highest BCUT2D eigenvalue weighted by Gasteiger charge is 2.77. The number of phenols is 1. The molecule has 0 radical (unpaired) electrons. The third-order valence-corrected chi connectivity index (χ3v) is 6.94. The number of ether oxygens (including phenoxy) is 5. The lowest BCUT2D eigenvalue weighted by Gasteiger charge is -2.43. The fourth-order valence-electron chi connectivity index (χ4n) is 5.08. The molecule has 0 unspecified atom stereocenters. The van der Waals surface area contributed by atoms with Crippen molar-refractivity contribution in [3.63, 3.8) is 0 Å². The van der Waals surface area contributed by atoms with E-state index < -0.39 is 85.8 Å². The second-order valence-electron chi connectivity index (χ2n) is 8.84. The largest absolute Gasteiger partial charge is 0.508 e. The second kappa shape index (κ2) is 10.6. The molecular formula is C24H32O12. The maximum Gasteiger partial charge on any atom is 0.338 e. The van der Waals surface area contributed by atoms with Gasteiger partial charge in [0.1, 0.15) is 48.0 Å². The van der Waals surface area contributed by atoms with Crippen LogP contribution in [0.25, 0.3) is 0 Å². The van der Waals surface area contributed by atoms with Crippen molar-refractivity contribution < 1.29 is 59.1 Å². The van der Waals surface area contributed by atoms with Crippen LogP contribution in [0.4, 0.5) is 0 Å². The van der Waals surface area contributed by atoms with Crippen molar-refractivity contribution in [2.45, 2.75) is 68.7 Å². The molecule has 0 spiro atoms. The summed E-state index contributed by atoms with van der Waals surface area (Å²) in [5.41, 5.74) is -0.907. The van der Waals surface area contributed by atoms with Gasteiger partial charge in [-0.25, -0.2) is 4.79 Å². The van der Waals surface area contributed by atoms with E-state index in [0.717, 1.165) is 0 Å². The van der Waals surface area contributed by atoms with Crippen molar-refractivity contribution in [3.8, 4) is 5.75 Å². The molecule has 12 heteroatoms. The first-order valence-electron chi connectivity index (χ1n) is 11.9. The quantitative estimate of drug-likeness (QED) is 0.202. The predicted octanol–water partition coefficient (Wildman–Crippen LogP) is -0.994. The average Bonchev–Trinajstić information content (AvgIpc) is 3.58. The number of aliphatic hydroxyl groups excluding tert-OH is 5.